The fourth-order valence-corrected chi connectivity index (χ4v) is 1.81. The zero-order valence-corrected chi connectivity index (χ0v) is 9.08. The van der Waals surface area contributed by atoms with Crippen LogP contribution in [0.25, 0.3) is 0 Å². The predicted octanol–water partition coefficient (Wildman–Crippen LogP) is 2.60. The third-order valence-corrected chi connectivity index (χ3v) is 3.36. The third-order valence-electron chi connectivity index (χ3n) is 3.36. The Morgan fingerprint density at radius 1 is 1.38 bits per heavy atom. The fraction of sp³-hybridized carbons (Fsp3) is 0.538. The lowest BCUT2D eigenvalue weighted by Crippen LogP contribution is -2.06. The van der Waals surface area contributed by atoms with Crippen molar-refractivity contribution in [1.29, 1.82) is 0 Å². The van der Waals surface area contributed by atoms with Gasteiger partial charge >= 0.3 is 0 Å². The van der Waals surface area contributed by atoms with Crippen molar-refractivity contribution in [2.24, 2.45) is 5.92 Å². The second-order valence-corrected chi connectivity index (χ2v) is 4.93. The summed E-state index contributed by atoms with van der Waals surface area (Å²) in [5.41, 5.74) is -0.0978. The lowest BCUT2D eigenvalue weighted by atomic mass is 10.1. The number of ether oxygens (including phenoxy) is 1. The SMILES string of the molecule is OC1(c2ccc(OCC3CC3)c(F)c2)CC1. The first kappa shape index (κ1) is 10.1. The van der Waals surface area contributed by atoms with Crippen molar-refractivity contribution in [3.8, 4) is 5.75 Å². The molecule has 3 heteroatoms. The minimum absolute atomic E-state index is 0.305. The Morgan fingerprint density at radius 3 is 2.69 bits per heavy atom. The van der Waals surface area contributed by atoms with E-state index in [0.29, 0.717) is 23.8 Å². The third kappa shape index (κ3) is 1.92. The molecule has 0 unspecified atom stereocenters. The molecule has 0 bridgehead atoms. The van der Waals surface area contributed by atoms with Crippen LogP contribution in [0.2, 0.25) is 0 Å². The largest absolute Gasteiger partial charge is 0.490 e. The summed E-state index contributed by atoms with van der Waals surface area (Å²) in [6.07, 6.45) is 3.85. The maximum absolute atomic E-state index is 13.6. The monoisotopic (exact) mass is 222 g/mol. The summed E-state index contributed by atoms with van der Waals surface area (Å²) in [6.45, 7) is 0.612. The van der Waals surface area contributed by atoms with Gasteiger partial charge in [-0.25, -0.2) is 4.39 Å². The van der Waals surface area contributed by atoms with Gasteiger partial charge in [-0.15, -0.1) is 0 Å². The number of benzene rings is 1. The van der Waals surface area contributed by atoms with E-state index in [0.717, 1.165) is 12.8 Å². The standard InChI is InChI=1S/C13H15FO2/c14-11-7-10(13(15)5-6-13)3-4-12(11)16-8-9-1-2-9/h3-4,7,9,15H,1-2,5-6,8H2. The van der Waals surface area contributed by atoms with Gasteiger partial charge in [-0.2, -0.15) is 0 Å². The van der Waals surface area contributed by atoms with Crippen molar-refractivity contribution in [3.05, 3.63) is 29.6 Å². The Morgan fingerprint density at radius 2 is 2.12 bits per heavy atom. The van der Waals surface area contributed by atoms with Crippen molar-refractivity contribution in [2.75, 3.05) is 6.61 Å². The topological polar surface area (TPSA) is 29.5 Å². The van der Waals surface area contributed by atoms with Crippen LogP contribution in [-0.4, -0.2) is 11.7 Å². The molecule has 1 aromatic carbocycles. The number of hydrogen-bond donors (Lipinski definition) is 1. The molecule has 0 atom stereocenters. The number of aliphatic hydroxyl groups is 1. The average Bonchev–Trinajstić information content (AvgIpc) is 3.13. The van der Waals surface area contributed by atoms with E-state index in [9.17, 15) is 9.50 Å². The molecule has 0 radical (unpaired) electrons. The van der Waals surface area contributed by atoms with E-state index >= 15 is 0 Å². The second kappa shape index (κ2) is 3.45. The summed E-state index contributed by atoms with van der Waals surface area (Å²) < 4.78 is 19.0. The van der Waals surface area contributed by atoms with Crippen LogP contribution < -0.4 is 4.74 Å². The molecule has 2 aliphatic rings. The highest BCUT2D eigenvalue weighted by Crippen LogP contribution is 2.45. The molecule has 0 heterocycles. The Balaban J connectivity index is 1.73. The molecule has 1 aromatic rings. The molecule has 1 N–H and O–H groups in total. The lowest BCUT2D eigenvalue weighted by molar-refractivity contribution is 0.151. The highest BCUT2D eigenvalue weighted by Gasteiger charge is 2.42. The molecule has 2 nitrogen and oxygen atoms in total. The highest BCUT2D eigenvalue weighted by molar-refractivity contribution is 5.35. The highest BCUT2D eigenvalue weighted by atomic mass is 19.1. The number of hydrogen-bond acceptors (Lipinski definition) is 2. The molecule has 2 aliphatic carbocycles. The van der Waals surface area contributed by atoms with Gasteiger partial charge in [0.1, 0.15) is 0 Å². The van der Waals surface area contributed by atoms with Gasteiger partial charge in [0.2, 0.25) is 0 Å². The summed E-state index contributed by atoms with van der Waals surface area (Å²) in [7, 11) is 0. The average molecular weight is 222 g/mol. The van der Waals surface area contributed by atoms with E-state index in [2.05, 4.69) is 0 Å². The van der Waals surface area contributed by atoms with E-state index in [1.165, 1.54) is 18.9 Å². The van der Waals surface area contributed by atoms with Crippen LogP contribution in [0.1, 0.15) is 31.2 Å². The summed E-state index contributed by atoms with van der Waals surface area (Å²) in [5, 5.41) is 9.84. The van der Waals surface area contributed by atoms with Crippen LogP contribution in [0, 0.1) is 11.7 Å². The van der Waals surface area contributed by atoms with Gasteiger partial charge in [-0.05, 0) is 49.3 Å². The molecule has 2 saturated carbocycles. The first-order valence-corrected chi connectivity index (χ1v) is 5.83. The van der Waals surface area contributed by atoms with Crippen molar-refractivity contribution in [2.45, 2.75) is 31.3 Å². The van der Waals surface area contributed by atoms with Crippen LogP contribution in [0.3, 0.4) is 0 Å². The molecule has 86 valence electrons. The molecule has 3 rings (SSSR count). The number of rotatable bonds is 4. The number of halogens is 1. The van der Waals surface area contributed by atoms with Gasteiger partial charge in [0.15, 0.2) is 11.6 Å². The second-order valence-electron chi connectivity index (χ2n) is 4.93. The molecule has 0 spiro atoms. The summed E-state index contributed by atoms with van der Waals surface area (Å²) in [4.78, 5) is 0. The van der Waals surface area contributed by atoms with Crippen molar-refractivity contribution < 1.29 is 14.2 Å². The maximum Gasteiger partial charge on any atom is 0.165 e. The summed E-state index contributed by atoms with van der Waals surface area (Å²) >= 11 is 0. The molecule has 16 heavy (non-hydrogen) atoms. The van der Waals surface area contributed by atoms with E-state index in [4.69, 9.17) is 4.74 Å². The molecule has 0 aliphatic heterocycles. The van der Waals surface area contributed by atoms with Crippen LogP contribution in [0.15, 0.2) is 18.2 Å². The van der Waals surface area contributed by atoms with Gasteiger partial charge in [-0.3, -0.25) is 0 Å². The zero-order chi connectivity index (χ0) is 11.2. The van der Waals surface area contributed by atoms with Gasteiger partial charge in [0, 0.05) is 0 Å². The zero-order valence-electron chi connectivity index (χ0n) is 9.08. The molecule has 0 saturated heterocycles. The quantitative estimate of drug-likeness (QED) is 0.848. The lowest BCUT2D eigenvalue weighted by Gasteiger charge is -2.11. The van der Waals surface area contributed by atoms with E-state index in [1.54, 1.807) is 12.1 Å². The molecular formula is C13H15FO2. The molecule has 2 fully saturated rings. The van der Waals surface area contributed by atoms with Crippen LogP contribution in [-0.2, 0) is 5.60 Å². The van der Waals surface area contributed by atoms with E-state index < -0.39 is 5.60 Å². The van der Waals surface area contributed by atoms with Crippen molar-refractivity contribution in [1.82, 2.24) is 0 Å². The first-order chi connectivity index (χ1) is 7.67. The first-order valence-electron chi connectivity index (χ1n) is 5.83. The maximum atomic E-state index is 13.6. The summed E-state index contributed by atoms with van der Waals surface area (Å²) in [5.74, 6) is 0.560. The van der Waals surface area contributed by atoms with E-state index in [1.807, 2.05) is 0 Å². The minimum Gasteiger partial charge on any atom is -0.490 e. The van der Waals surface area contributed by atoms with Crippen LogP contribution >= 0.6 is 0 Å². The van der Waals surface area contributed by atoms with Crippen LogP contribution in [0.5, 0.6) is 5.75 Å². The molecular weight excluding hydrogens is 207 g/mol. The van der Waals surface area contributed by atoms with Gasteiger partial charge in [0.25, 0.3) is 0 Å². The normalized spacial score (nSPS) is 21.9. The smallest absolute Gasteiger partial charge is 0.165 e. The Bertz CT molecular complexity index is 408. The Labute approximate surface area is 94.0 Å². The Kier molecular flexibility index (Phi) is 2.18. The predicted molar refractivity (Wildman–Crippen MR) is 57.7 cm³/mol. The van der Waals surface area contributed by atoms with Crippen molar-refractivity contribution >= 4 is 0 Å². The van der Waals surface area contributed by atoms with Gasteiger partial charge < -0.3 is 9.84 Å². The summed E-state index contributed by atoms with van der Waals surface area (Å²) in [6, 6.07) is 4.79. The van der Waals surface area contributed by atoms with Crippen molar-refractivity contribution in [3.63, 3.8) is 0 Å². The van der Waals surface area contributed by atoms with Gasteiger partial charge in [-0.1, -0.05) is 6.07 Å². The molecule has 0 aromatic heterocycles. The van der Waals surface area contributed by atoms with Crippen LogP contribution in [0.4, 0.5) is 4.39 Å². The van der Waals surface area contributed by atoms with Gasteiger partial charge in [0.05, 0.1) is 12.2 Å². The van der Waals surface area contributed by atoms with E-state index in [-0.39, 0.29) is 5.82 Å². The fourth-order valence-electron chi connectivity index (χ4n) is 1.81. The molecule has 0 amide bonds. The Hall–Kier alpha value is -1.09. The minimum atomic E-state index is -0.768.